The van der Waals surface area contributed by atoms with Crippen LogP contribution in [0.15, 0.2) is 0 Å². The first-order valence-electron chi connectivity index (χ1n) is 3.24. The molecule has 0 bridgehead atoms. The molecule has 1 rings (SSSR count). The maximum atomic E-state index is 5.49. The van der Waals surface area contributed by atoms with Crippen molar-refractivity contribution in [2.45, 2.75) is 11.0 Å². The average molecular weight is 242 g/mol. The first-order chi connectivity index (χ1) is 4.34. The summed E-state index contributed by atoms with van der Waals surface area (Å²) in [6.07, 6.45) is 0. The van der Waals surface area contributed by atoms with Crippen LogP contribution in [0.25, 0.3) is 0 Å². The fourth-order valence-corrected chi connectivity index (χ4v) is 3.57. The molecule has 1 aliphatic heterocycles. The first-order valence-corrected chi connectivity index (χ1v) is 6.01. The zero-order valence-corrected chi connectivity index (χ0v) is 7.80. The van der Waals surface area contributed by atoms with Crippen molar-refractivity contribution in [3.8, 4) is 0 Å². The van der Waals surface area contributed by atoms with E-state index in [4.69, 9.17) is 10.5 Å². The van der Waals surface area contributed by atoms with Gasteiger partial charge in [0.05, 0.1) is 0 Å². The fraction of sp³-hybridized carbons (Fsp3) is 1.00. The monoisotopic (exact) mass is 242 g/mol. The number of ether oxygens (including phenoxy) is 1. The Labute approximate surface area is 66.4 Å². The molecule has 2 unspecified atom stereocenters. The molecular formula is C6H13INO-. The van der Waals surface area contributed by atoms with Crippen molar-refractivity contribution in [2.24, 2.45) is 11.7 Å². The summed E-state index contributed by atoms with van der Waals surface area (Å²) < 4.78 is 7.37. The standard InChI is InChI=1S/C6H13INO/c1-5(4-8)6-7-2-3-9-6/h5-6H,2-4,8H2,1H3/q-1. The third kappa shape index (κ3) is 2.05. The molecule has 1 saturated heterocycles. The van der Waals surface area contributed by atoms with Crippen molar-refractivity contribution >= 4 is 0 Å². The van der Waals surface area contributed by atoms with Gasteiger partial charge in [0.25, 0.3) is 0 Å². The van der Waals surface area contributed by atoms with Crippen molar-refractivity contribution in [1.82, 2.24) is 0 Å². The molecule has 0 aromatic heterocycles. The van der Waals surface area contributed by atoms with E-state index in [1.807, 2.05) is 0 Å². The molecule has 2 N–H and O–H groups in total. The van der Waals surface area contributed by atoms with Gasteiger partial charge in [0.1, 0.15) is 0 Å². The van der Waals surface area contributed by atoms with Gasteiger partial charge in [-0.25, -0.2) is 0 Å². The molecule has 0 radical (unpaired) electrons. The molecule has 2 atom stereocenters. The Morgan fingerprint density at radius 2 is 2.67 bits per heavy atom. The van der Waals surface area contributed by atoms with Crippen molar-refractivity contribution in [1.29, 1.82) is 0 Å². The topological polar surface area (TPSA) is 35.2 Å². The Balaban J connectivity index is 2.24. The first kappa shape index (κ1) is 7.75. The summed E-state index contributed by atoms with van der Waals surface area (Å²) in [7, 11) is 0. The number of rotatable bonds is 2. The minimum absolute atomic E-state index is 0.327. The second-order valence-electron chi connectivity index (χ2n) is 2.28. The van der Waals surface area contributed by atoms with Crippen LogP contribution >= 0.6 is 0 Å². The van der Waals surface area contributed by atoms with Gasteiger partial charge in [-0.1, -0.05) is 0 Å². The van der Waals surface area contributed by atoms with Gasteiger partial charge >= 0.3 is 66.2 Å². The molecule has 56 valence electrons. The number of nitrogens with two attached hydrogens (primary N) is 1. The summed E-state index contributed by atoms with van der Waals surface area (Å²) in [5.74, 6) is 0.597. The molecule has 0 saturated carbocycles. The van der Waals surface area contributed by atoms with E-state index in [9.17, 15) is 0 Å². The van der Waals surface area contributed by atoms with Gasteiger partial charge in [-0.15, -0.1) is 0 Å². The van der Waals surface area contributed by atoms with E-state index in [-0.39, 0.29) is 0 Å². The number of hydrogen-bond acceptors (Lipinski definition) is 2. The summed E-state index contributed by atoms with van der Waals surface area (Å²) in [5.41, 5.74) is 5.49. The molecule has 0 spiro atoms. The molecule has 0 aliphatic carbocycles. The van der Waals surface area contributed by atoms with Crippen molar-refractivity contribution in [3.63, 3.8) is 0 Å². The molecule has 3 heteroatoms. The Morgan fingerprint density at radius 1 is 1.89 bits per heavy atom. The van der Waals surface area contributed by atoms with Crippen LogP contribution < -0.4 is 26.9 Å². The van der Waals surface area contributed by atoms with E-state index in [1.165, 1.54) is 4.43 Å². The van der Waals surface area contributed by atoms with Gasteiger partial charge in [-0.3, -0.25) is 0 Å². The summed E-state index contributed by atoms with van der Waals surface area (Å²) in [6, 6.07) is 0. The van der Waals surface area contributed by atoms with Crippen LogP contribution in [0.1, 0.15) is 6.92 Å². The van der Waals surface area contributed by atoms with Crippen LogP contribution in [-0.2, 0) is 4.74 Å². The van der Waals surface area contributed by atoms with Crippen LogP contribution in [0.3, 0.4) is 0 Å². The number of alkyl halides is 2. The zero-order chi connectivity index (χ0) is 6.69. The summed E-state index contributed by atoms with van der Waals surface area (Å²) >= 11 is 0.327. The van der Waals surface area contributed by atoms with Gasteiger partial charge in [0.15, 0.2) is 0 Å². The SMILES string of the molecule is CC(CN)C1OCC[I-]1. The van der Waals surface area contributed by atoms with Gasteiger partial charge in [-0.2, -0.15) is 0 Å². The molecule has 1 aliphatic rings. The van der Waals surface area contributed by atoms with E-state index in [2.05, 4.69) is 6.92 Å². The van der Waals surface area contributed by atoms with Gasteiger partial charge < -0.3 is 0 Å². The van der Waals surface area contributed by atoms with E-state index in [1.54, 1.807) is 0 Å². The van der Waals surface area contributed by atoms with Crippen molar-refractivity contribution in [2.75, 3.05) is 17.6 Å². The van der Waals surface area contributed by atoms with Crippen LogP contribution in [-0.4, -0.2) is 21.7 Å². The Bertz CT molecular complexity index is 83.1. The van der Waals surface area contributed by atoms with Crippen LogP contribution in [0, 0.1) is 5.92 Å². The number of halogens is 1. The Kier molecular flexibility index (Phi) is 3.21. The molecule has 1 fully saturated rings. The van der Waals surface area contributed by atoms with E-state index >= 15 is 0 Å². The van der Waals surface area contributed by atoms with Crippen LogP contribution in [0.5, 0.6) is 0 Å². The number of hydrogen-bond donors (Lipinski definition) is 1. The molecule has 1 heterocycles. The van der Waals surface area contributed by atoms with Crippen molar-refractivity contribution in [3.05, 3.63) is 0 Å². The third-order valence-electron chi connectivity index (χ3n) is 1.43. The normalized spacial score (nSPS) is 31.6. The summed E-state index contributed by atoms with van der Waals surface area (Å²) in [6.45, 7) is 3.95. The Morgan fingerprint density at radius 3 is 3.11 bits per heavy atom. The summed E-state index contributed by atoms with van der Waals surface area (Å²) in [4.78, 5) is 0. The van der Waals surface area contributed by atoms with E-state index in [0.717, 1.165) is 13.2 Å². The molecular weight excluding hydrogens is 229 g/mol. The second kappa shape index (κ2) is 3.73. The molecule has 9 heavy (non-hydrogen) atoms. The van der Waals surface area contributed by atoms with Crippen LogP contribution in [0.2, 0.25) is 0 Å². The van der Waals surface area contributed by atoms with Gasteiger partial charge in [0.2, 0.25) is 0 Å². The summed E-state index contributed by atoms with van der Waals surface area (Å²) in [5, 5.41) is 0. The average Bonchev–Trinajstić information content (AvgIpc) is 2.37. The predicted molar refractivity (Wildman–Crippen MR) is 32.8 cm³/mol. The quantitative estimate of drug-likeness (QED) is 0.414. The van der Waals surface area contributed by atoms with Crippen LogP contribution in [0.4, 0.5) is 0 Å². The molecule has 0 aromatic carbocycles. The zero-order valence-electron chi connectivity index (χ0n) is 5.64. The van der Waals surface area contributed by atoms with E-state index < -0.39 is 0 Å². The third-order valence-corrected chi connectivity index (χ3v) is 4.95. The van der Waals surface area contributed by atoms with E-state index in [0.29, 0.717) is 31.2 Å². The predicted octanol–water partition coefficient (Wildman–Crippen LogP) is -2.97. The molecule has 0 amide bonds. The minimum atomic E-state index is 0.327. The second-order valence-corrected chi connectivity index (χ2v) is 5.47. The fourth-order valence-electron chi connectivity index (χ4n) is 0.777. The van der Waals surface area contributed by atoms with Gasteiger partial charge in [0, 0.05) is 0 Å². The molecule has 0 aromatic rings. The molecule has 2 nitrogen and oxygen atoms in total. The van der Waals surface area contributed by atoms with Gasteiger partial charge in [-0.05, 0) is 0 Å². The Hall–Kier alpha value is 0.650. The maximum absolute atomic E-state index is 5.49. The van der Waals surface area contributed by atoms with Crippen molar-refractivity contribution < 1.29 is 25.9 Å².